The highest BCUT2D eigenvalue weighted by atomic mass is 15.3. The van der Waals surface area contributed by atoms with E-state index in [-0.39, 0.29) is 0 Å². The zero-order valence-electron chi connectivity index (χ0n) is 9.21. The molecule has 3 unspecified atom stereocenters. The molecule has 1 N–H and O–H groups in total. The standard InChI is InChI=1S/C12H22N2/c1-2-11-12-9(5-7-13-12)6-8-14(11)10-3-4-10/h9-13H,2-8H2,1H3. The predicted molar refractivity (Wildman–Crippen MR) is 58.3 cm³/mol. The Kier molecular flexibility index (Phi) is 2.29. The lowest BCUT2D eigenvalue weighted by atomic mass is 9.85. The van der Waals surface area contributed by atoms with E-state index >= 15 is 0 Å². The van der Waals surface area contributed by atoms with Crippen molar-refractivity contribution in [3.05, 3.63) is 0 Å². The fourth-order valence-corrected chi connectivity index (χ4v) is 3.59. The molecule has 2 nitrogen and oxygen atoms in total. The van der Waals surface area contributed by atoms with Crippen molar-refractivity contribution < 1.29 is 0 Å². The summed E-state index contributed by atoms with van der Waals surface area (Å²) in [5.41, 5.74) is 0. The van der Waals surface area contributed by atoms with Crippen LogP contribution >= 0.6 is 0 Å². The van der Waals surface area contributed by atoms with Gasteiger partial charge < -0.3 is 5.32 Å². The summed E-state index contributed by atoms with van der Waals surface area (Å²) in [6, 6.07) is 2.64. The Morgan fingerprint density at radius 1 is 1.21 bits per heavy atom. The van der Waals surface area contributed by atoms with Gasteiger partial charge >= 0.3 is 0 Å². The van der Waals surface area contributed by atoms with Gasteiger partial charge in [-0.15, -0.1) is 0 Å². The van der Waals surface area contributed by atoms with Gasteiger partial charge in [0.1, 0.15) is 0 Å². The summed E-state index contributed by atoms with van der Waals surface area (Å²) in [6.07, 6.45) is 7.15. The van der Waals surface area contributed by atoms with Crippen molar-refractivity contribution in [2.45, 2.75) is 57.2 Å². The molecule has 14 heavy (non-hydrogen) atoms. The fraction of sp³-hybridized carbons (Fsp3) is 1.00. The third-order valence-corrected chi connectivity index (χ3v) is 4.44. The minimum absolute atomic E-state index is 0.828. The van der Waals surface area contributed by atoms with E-state index in [1.165, 1.54) is 45.2 Å². The third-order valence-electron chi connectivity index (χ3n) is 4.44. The highest BCUT2D eigenvalue weighted by Crippen LogP contribution is 2.38. The number of hydrogen-bond donors (Lipinski definition) is 1. The number of fused-ring (bicyclic) bond motifs is 1. The summed E-state index contributed by atoms with van der Waals surface area (Å²) in [7, 11) is 0. The normalized spacial score (nSPS) is 43.9. The Bertz CT molecular complexity index is 210. The first-order valence-corrected chi connectivity index (χ1v) is 6.39. The SMILES string of the molecule is CCC1C2NCCC2CCN1C1CC1. The van der Waals surface area contributed by atoms with Gasteiger partial charge in [0.15, 0.2) is 0 Å². The van der Waals surface area contributed by atoms with Gasteiger partial charge in [0.25, 0.3) is 0 Å². The molecule has 3 atom stereocenters. The fourth-order valence-electron chi connectivity index (χ4n) is 3.59. The summed E-state index contributed by atoms with van der Waals surface area (Å²) in [5.74, 6) is 0.995. The molecule has 0 aromatic heterocycles. The number of likely N-dealkylation sites (tertiary alicyclic amines) is 1. The molecule has 0 amide bonds. The summed E-state index contributed by atoms with van der Waals surface area (Å²) in [6.45, 7) is 5.01. The molecule has 1 aliphatic carbocycles. The van der Waals surface area contributed by atoms with Gasteiger partial charge in [-0.25, -0.2) is 0 Å². The molecule has 1 saturated carbocycles. The molecule has 3 aliphatic rings. The van der Waals surface area contributed by atoms with Crippen molar-refractivity contribution in [2.75, 3.05) is 13.1 Å². The van der Waals surface area contributed by atoms with E-state index in [1.807, 2.05) is 0 Å². The zero-order chi connectivity index (χ0) is 9.54. The van der Waals surface area contributed by atoms with Crippen molar-refractivity contribution >= 4 is 0 Å². The van der Waals surface area contributed by atoms with Crippen molar-refractivity contribution in [3.63, 3.8) is 0 Å². The van der Waals surface area contributed by atoms with E-state index < -0.39 is 0 Å². The second kappa shape index (κ2) is 3.49. The van der Waals surface area contributed by atoms with Gasteiger partial charge in [-0.2, -0.15) is 0 Å². The second-order valence-electron chi connectivity index (χ2n) is 5.26. The Labute approximate surface area is 87.0 Å². The van der Waals surface area contributed by atoms with E-state index in [1.54, 1.807) is 0 Å². The number of hydrogen-bond acceptors (Lipinski definition) is 2. The molecule has 2 saturated heterocycles. The smallest absolute Gasteiger partial charge is 0.0252 e. The highest BCUT2D eigenvalue weighted by Gasteiger charge is 2.44. The maximum absolute atomic E-state index is 3.73. The molecule has 0 aromatic rings. The van der Waals surface area contributed by atoms with Gasteiger partial charge in [0, 0.05) is 18.1 Å². The summed E-state index contributed by atoms with van der Waals surface area (Å²) in [5, 5.41) is 3.73. The van der Waals surface area contributed by atoms with Crippen LogP contribution in [-0.2, 0) is 0 Å². The molecular formula is C12H22N2. The Hall–Kier alpha value is -0.0800. The van der Waals surface area contributed by atoms with E-state index in [9.17, 15) is 0 Å². The van der Waals surface area contributed by atoms with E-state index in [4.69, 9.17) is 0 Å². The maximum Gasteiger partial charge on any atom is 0.0252 e. The number of piperidine rings is 1. The molecule has 80 valence electrons. The Morgan fingerprint density at radius 3 is 2.79 bits per heavy atom. The van der Waals surface area contributed by atoms with Crippen LogP contribution in [0.25, 0.3) is 0 Å². The molecule has 2 aliphatic heterocycles. The van der Waals surface area contributed by atoms with Gasteiger partial charge in [-0.1, -0.05) is 6.92 Å². The maximum atomic E-state index is 3.73. The number of nitrogens with one attached hydrogen (secondary N) is 1. The first-order valence-electron chi connectivity index (χ1n) is 6.39. The summed E-state index contributed by atoms with van der Waals surface area (Å²) >= 11 is 0. The minimum Gasteiger partial charge on any atom is -0.312 e. The van der Waals surface area contributed by atoms with Crippen LogP contribution in [0.2, 0.25) is 0 Å². The molecule has 0 bridgehead atoms. The van der Waals surface area contributed by atoms with E-state index in [0.29, 0.717) is 0 Å². The third kappa shape index (κ3) is 1.40. The average molecular weight is 194 g/mol. The molecule has 0 spiro atoms. The Balaban J connectivity index is 1.75. The van der Waals surface area contributed by atoms with Crippen LogP contribution in [0, 0.1) is 5.92 Å². The van der Waals surface area contributed by atoms with Crippen molar-refractivity contribution in [1.29, 1.82) is 0 Å². The second-order valence-corrected chi connectivity index (χ2v) is 5.26. The molecule has 3 rings (SSSR count). The monoisotopic (exact) mass is 194 g/mol. The lowest BCUT2D eigenvalue weighted by Crippen LogP contribution is -2.55. The molecule has 3 fully saturated rings. The van der Waals surface area contributed by atoms with Gasteiger partial charge in [0.05, 0.1) is 0 Å². The Morgan fingerprint density at radius 2 is 2.07 bits per heavy atom. The van der Waals surface area contributed by atoms with Crippen LogP contribution in [0.15, 0.2) is 0 Å². The molecule has 0 aromatic carbocycles. The van der Waals surface area contributed by atoms with E-state index in [2.05, 4.69) is 17.1 Å². The summed E-state index contributed by atoms with van der Waals surface area (Å²) < 4.78 is 0. The van der Waals surface area contributed by atoms with Crippen molar-refractivity contribution in [3.8, 4) is 0 Å². The van der Waals surface area contributed by atoms with Crippen molar-refractivity contribution in [2.24, 2.45) is 5.92 Å². The molecule has 0 radical (unpaired) electrons. The lowest BCUT2D eigenvalue weighted by Gasteiger charge is -2.43. The predicted octanol–water partition coefficient (Wildman–Crippen LogP) is 1.61. The molecule has 2 heteroatoms. The summed E-state index contributed by atoms with van der Waals surface area (Å²) in [4.78, 5) is 2.81. The minimum atomic E-state index is 0.828. The topological polar surface area (TPSA) is 15.3 Å². The van der Waals surface area contributed by atoms with Crippen LogP contribution in [0.3, 0.4) is 0 Å². The first-order chi connectivity index (χ1) is 6.90. The van der Waals surface area contributed by atoms with Crippen LogP contribution in [0.5, 0.6) is 0 Å². The number of rotatable bonds is 2. The largest absolute Gasteiger partial charge is 0.312 e. The highest BCUT2D eigenvalue weighted by molar-refractivity contribution is 5.01. The van der Waals surface area contributed by atoms with Gasteiger partial charge in [0.2, 0.25) is 0 Å². The average Bonchev–Trinajstić information content (AvgIpc) is 2.94. The molecule has 2 heterocycles. The van der Waals surface area contributed by atoms with Crippen LogP contribution in [-0.4, -0.2) is 36.1 Å². The number of nitrogens with zero attached hydrogens (tertiary/aromatic N) is 1. The zero-order valence-corrected chi connectivity index (χ0v) is 9.21. The molecular weight excluding hydrogens is 172 g/mol. The van der Waals surface area contributed by atoms with Gasteiger partial charge in [-0.3, -0.25) is 4.90 Å². The van der Waals surface area contributed by atoms with Gasteiger partial charge in [-0.05, 0) is 51.1 Å². The van der Waals surface area contributed by atoms with Crippen LogP contribution < -0.4 is 5.32 Å². The quantitative estimate of drug-likeness (QED) is 0.718. The lowest BCUT2D eigenvalue weighted by molar-refractivity contribution is 0.0819. The van der Waals surface area contributed by atoms with Crippen LogP contribution in [0.1, 0.15) is 39.0 Å². The van der Waals surface area contributed by atoms with Crippen LogP contribution in [0.4, 0.5) is 0 Å². The first kappa shape index (κ1) is 9.17. The van der Waals surface area contributed by atoms with Crippen molar-refractivity contribution in [1.82, 2.24) is 10.2 Å². The van der Waals surface area contributed by atoms with E-state index in [0.717, 1.165) is 24.0 Å².